The van der Waals surface area contributed by atoms with Crippen LogP contribution in [0.2, 0.25) is 5.15 Å². The van der Waals surface area contributed by atoms with Crippen LogP contribution in [0.3, 0.4) is 0 Å². The number of benzene rings is 2. The molecule has 5 heteroatoms. The van der Waals surface area contributed by atoms with E-state index in [0.717, 1.165) is 16.5 Å². The predicted molar refractivity (Wildman–Crippen MR) is 103 cm³/mol. The van der Waals surface area contributed by atoms with Gasteiger partial charge in [0.25, 0.3) is 0 Å². The van der Waals surface area contributed by atoms with Gasteiger partial charge in [0.2, 0.25) is 0 Å². The van der Waals surface area contributed by atoms with Crippen LogP contribution in [0.5, 0.6) is 0 Å². The molecule has 3 rings (SSSR count). The molecule has 1 heterocycles. The molecular formula is C21H17ClN2O2. The smallest absolute Gasteiger partial charge is 0.348 e. The number of carbonyl (C=O) groups is 1. The zero-order valence-corrected chi connectivity index (χ0v) is 15.0. The number of rotatable bonds is 5. The number of carbonyl (C=O) groups excluding carboxylic acids is 1. The number of aromatic nitrogens is 1. The molecular weight excluding hydrogens is 348 g/mol. The van der Waals surface area contributed by atoms with Crippen LogP contribution in [0.25, 0.3) is 17.0 Å². The molecule has 0 saturated heterocycles. The Bertz CT molecular complexity index is 1010. The first kappa shape index (κ1) is 17.8. The average Bonchev–Trinajstić information content (AvgIpc) is 2.92. The lowest BCUT2D eigenvalue weighted by molar-refractivity contribution is -0.137. The topological polar surface area (TPSA) is 55.0 Å². The summed E-state index contributed by atoms with van der Waals surface area (Å²) in [5.74, 6) is -0.647. The monoisotopic (exact) mass is 364 g/mol. The van der Waals surface area contributed by atoms with Crippen molar-refractivity contribution >= 4 is 34.5 Å². The van der Waals surface area contributed by atoms with Crippen LogP contribution in [0.4, 0.5) is 0 Å². The van der Waals surface area contributed by atoms with E-state index < -0.39 is 5.97 Å². The first-order valence-electron chi connectivity index (χ1n) is 8.25. The van der Waals surface area contributed by atoms with E-state index in [0.29, 0.717) is 17.3 Å². The van der Waals surface area contributed by atoms with Gasteiger partial charge in [-0.25, -0.2) is 4.79 Å². The minimum atomic E-state index is -0.647. The maximum atomic E-state index is 12.0. The summed E-state index contributed by atoms with van der Waals surface area (Å²) in [5.41, 5.74) is 2.62. The highest BCUT2D eigenvalue weighted by molar-refractivity contribution is 6.33. The second kappa shape index (κ2) is 7.90. The summed E-state index contributed by atoms with van der Waals surface area (Å²) < 4.78 is 6.91. The summed E-state index contributed by atoms with van der Waals surface area (Å²) in [6, 6.07) is 19.6. The number of hydrogen-bond acceptors (Lipinski definition) is 3. The molecule has 0 fully saturated rings. The molecule has 0 aliphatic carbocycles. The molecule has 26 heavy (non-hydrogen) atoms. The molecule has 2 aromatic carbocycles. The fourth-order valence-corrected chi connectivity index (χ4v) is 3.15. The van der Waals surface area contributed by atoms with E-state index in [1.807, 2.05) is 65.2 Å². The fraction of sp³-hybridized carbons (Fsp3) is 0.143. The van der Waals surface area contributed by atoms with E-state index >= 15 is 0 Å². The van der Waals surface area contributed by atoms with Crippen LogP contribution >= 0.6 is 11.6 Å². The van der Waals surface area contributed by atoms with Crippen molar-refractivity contribution in [3.8, 4) is 6.07 Å². The van der Waals surface area contributed by atoms with Gasteiger partial charge >= 0.3 is 5.97 Å². The van der Waals surface area contributed by atoms with Crippen molar-refractivity contribution in [3.05, 3.63) is 76.5 Å². The molecule has 1 aromatic heterocycles. The van der Waals surface area contributed by atoms with E-state index in [9.17, 15) is 10.1 Å². The zero-order valence-electron chi connectivity index (χ0n) is 14.3. The molecule has 0 bridgehead atoms. The standard InChI is InChI=1S/C21H17ClN2O2/c1-2-26-21(25)16(13-23)12-18-17-10-6-7-11-19(17)24(20(18)22)14-15-8-4-3-5-9-15/h3-12H,2,14H2,1H3/b16-12-. The number of esters is 1. The molecule has 4 nitrogen and oxygen atoms in total. The Hall–Kier alpha value is -3.03. The first-order chi connectivity index (χ1) is 12.7. The molecule has 0 radical (unpaired) electrons. The zero-order chi connectivity index (χ0) is 18.5. The highest BCUT2D eigenvalue weighted by Gasteiger charge is 2.17. The first-order valence-corrected chi connectivity index (χ1v) is 8.63. The Morgan fingerprint density at radius 1 is 1.19 bits per heavy atom. The summed E-state index contributed by atoms with van der Waals surface area (Å²) in [5, 5.41) is 10.7. The van der Waals surface area contributed by atoms with Crippen molar-refractivity contribution < 1.29 is 9.53 Å². The molecule has 0 aliphatic rings. The fourth-order valence-electron chi connectivity index (χ4n) is 2.85. The highest BCUT2D eigenvalue weighted by Crippen LogP contribution is 2.32. The van der Waals surface area contributed by atoms with Gasteiger partial charge in [-0.1, -0.05) is 60.1 Å². The number of para-hydroxylation sites is 1. The van der Waals surface area contributed by atoms with E-state index in [1.165, 1.54) is 6.08 Å². The molecule has 3 aromatic rings. The van der Waals surface area contributed by atoms with Crippen LogP contribution in [0.1, 0.15) is 18.1 Å². The van der Waals surface area contributed by atoms with E-state index in [1.54, 1.807) is 6.92 Å². The summed E-state index contributed by atoms with van der Waals surface area (Å²) in [7, 11) is 0. The van der Waals surface area contributed by atoms with Gasteiger partial charge in [0, 0.05) is 17.5 Å². The maximum absolute atomic E-state index is 12.0. The second-order valence-electron chi connectivity index (χ2n) is 5.68. The third-order valence-corrected chi connectivity index (χ3v) is 4.44. The molecule has 0 unspecified atom stereocenters. The van der Waals surface area contributed by atoms with Crippen LogP contribution in [0, 0.1) is 11.3 Å². The molecule has 0 atom stereocenters. The quantitative estimate of drug-likeness (QED) is 0.371. The molecule has 130 valence electrons. The van der Waals surface area contributed by atoms with Crippen LogP contribution < -0.4 is 0 Å². The number of nitriles is 1. The van der Waals surface area contributed by atoms with Crippen molar-refractivity contribution in [2.45, 2.75) is 13.5 Å². The van der Waals surface area contributed by atoms with E-state index in [4.69, 9.17) is 16.3 Å². The van der Waals surface area contributed by atoms with Gasteiger partial charge in [0.1, 0.15) is 16.8 Å². The Kier molecular flexibility index (Phi) is 5.40. The summed E-state index contributed by atoms with van der Waals surface area (Å²) in [4.78, 5) is 12.0. The normalized spacial score (nSPS) is 11.3. The summed E-state index contributed by atoms with van der Waals surface area (Å²) in [6.45, 7) is 2.50. The minimum absolute atomic E-state index is 0.0728. The van der Waals surface area contributed by atoms with Gasteiger partial charge in [-0.05, 0) is 24.6 Å². The lowest BCUT2D eigenvalue weighted by atomic mass is 10.1. The van der Waals surface area contributed by atoms with Gasteiger partial charge < -0.3 is 9.30 Å². The predicted octanol–water partition coefficient (Wildman–Crippen LogP) is 4.81. The van der Waals surface area contributed by atoms with Crippen molar-refractivity contribution in [3.63, 3.8) is 0 Å². The third-order valence-electron chi connectivity index (χ3n) is 4.03. The van der Waals surface area contributed by atoms with E-state index in [-0.39, 0.29) is 12.2 Å². The van der Waals surface area contributed by atoms with Gasteiger partial charge in [-0.15, -0.1) is 0 Å². The molecule has 0 amide bonds. The van der Waals surface area contributed by atoms with Crippen LogP contribution in [-0.2, 0) is 16.1 Å². The van der Waals surface area contributed by atoms with Crippen molar-refractivity contribution in [1.82, 2.24) is 4.57 Å². The number of hydrogen-bond donors (Lipinski definition) is 0. The van der Waals surface area contributed by atoms with Gasteiger partial charge in [-0.2, -0.15) is 5.26 Å². The molecule has 0 N–H and O–H groups in total. The SMILES string of the molecule is CCOC(=O)/C(C#N)=C\c1c(Cl)n(Cc2ccccc2)c2ccccc12. The van der Waals surface area contributed by atoms with Crippen molar-refractivity contribution in [2.75, 3.05) is 6.61 Å². The number of ether oxygens (including phenoxy) is 1. The van der Waals surface area contributed by atoms with Gasteiger partial charge in [-0.3, -0.25) is 0 Å². The Morgan fingerprint density at radius 2 is 1.88 bits per heavy atom. The number of nitrogens with zero attached hydrogens (tertiary/aromatic N) is 2. The minimum Gasteiger partial charge on any atom is -0.462 e. The Morgan fingerprint density at radius 3 is 2.58 bits per heavy atom. The Balaban J connectivity index is 2.14. The summed E-state index contributed by atoms with van der Waals surface area (Å²) >= 11 is 6.64. The second-order valence-corrected chi connectivity index (χ2v) is 6.04. The largest absolute Gasteiger partial charge is 0.462 e. The lowest BCUT2D eigenvalue weighted by Gasteiger charge is -2.07. The number of fused-ring (bicyclic) bond motifs is 1. The van der Waals surface area contributed by atoms with E-state index in [2.05, 4.69) is 0 Å². The third kappa shape index (κ3) is 3.49. The van der Waals surface area contributed by atoms with Crippen molar-refractivity contribution in [2.24, 2.45) is 0 Å². The summed E-state index contributed by atoms with van der Waals surface area (Å²) in [6.07, 6.45) is 1.50. The molecule has 0 saturated carbocycles. The number of halogens is 1. The molecule has 0 aliphatic heterocycles. The highest BCUT2D eigenvalue weighted by atomic mass is 35.5. The van der Waals surface area contributed by atoms with Gasteiger partial charge in [0.05, 0.1) is 12.1 Å². The van der Waals surface area contributed by atoms with Gasteiger partial charge in [0.15, 0.2) is 0 Å². The van der Waals surface area contributed by atoms with Crippen molar-refractivity contribution in [1.29, 1.82) is 5.26 Å². The maximum Gasteiger partial charge on any atom is 0.348 e. The lowest BCUT2D eigenvalue weighted by Crippen LogP contribution is -2.06. The Labute approximate surface area is 156 Å². The molecule has 0 spiro atoms. The average molecular weight is 365 g/mol. The van der Waals surface area contributed by atoms with Crippen LogP contribution in [-0.4, -0.2) is 17.1 Å². The van der Waals surface area contributed by atoms with Crippen LogP contribution in [0.15, 0.2) is 60.2 Å².